The van der Waals surface area contributed by atoms with E-state index in [4.69, 9.17) is 4.74 Å². The number of carbonyl (C=O) groups excluding carboxylic acids is 2. The smallest absolute Gasteiger partial charge is 0.444 e. The summed E-state index contributed by atoms with van der Waals surface area (Å²) in [7, 11) is 0. The van der Waals surface area contributed by atoms with Crippen molar-refractivity contribution in [3.05, 3.63) is 22.2 Å². The maximum atomic E-state index is 12.3. The topological polar surface area (TPSA) is 135 Å². The number of nitrogens with one attached hydrogen (secondary N) is 3. The number of ether oxygens (including phenoxy) is 1. The first-order valence-corrected chi connectivity index (χ1v) is 7.54. The molecule has 3 N–H and O–H groups in total. The maximum Gasteiger partial charge on any atom is 0.471 e. The van der Waals surface area contributed by atoms with Gasteiger partial charge in [-0.1, -0.05) is 0 Å². The lowest BCUT2D eigenvalue weighted by molar-refractivity contribution is -0.384. The Bertz CT molecular complexity index is 718. The van der Waals surface area contributed by atoms with Crippen molar-refractivity contribution in [3.8, 4) is 0 Å². The Hall–Kier alpha value is -3.12. The summed E-state index contributed by atoms with van der Waals surface area (Å²) in [5.41, 5.74) is -1.22. The summed E-state index contributed by atoms with van der Waals surface area (Å²) in [6.07, 6.45) is -5.84. The van der Waals surface area contributed by atoms with Crippen LogP contribution in [0, 0.1) is 10.1 Å². The minimum Gasteiger partial charge on any atom is -0.444 e. The van der Waals surface area contributed by atoms with Gasteiger partial charge in [0, 0.05) is 19.2 Å². The summed E-state index contributed by atoms with van der Waals surface area (Å²) in [4.78, 5) is 36.2. The minimum atomic E-state index is -5.13. The first-order chi connectivity index (χ1) is 12.3. The summed E-state index contributed by atoms with van der Waals surface area (Å²) >= 11 is 0. The van der Waals surface area contributed by atoms with Crippen LogP contribution in [0.25, 0.3) is 0 Å². The molecule has 27 heavy (non-hydrogen) atoms. The lowest BCUT2D eigenvalue weighted by atomic mass is 10.2. The zero-order valence-corrected chi connectivity index (χ0v) is 14.6. The Morgan fingerprint density at radius 1 is 1.22 bits per heavy atom. The molecule has 0 saturated carbocycles. The van der Waals surface area contributed by atoms with Crippen LogP contribution in [-0.2, 0) is 9.53 Å². The van der Waals surface area contributed by atoms with Gasteiger partial charge in [0.2, 0.25) is 5.82 Å². The van der Waals surface area contributed by atoms with Crippen molar-refractivity contribution in [3.63, 3.8) is 0 Å². The third-order valence-corrected chi connectivity index (χ3v) is 2.66. The first-order valence-electron chi connectivity index (χ1n) is 7.54. The number of nitro groups is 1. The van der Waals surface area contributed by atoms with Crippen molar-refractivity contribution in [1.29, 1.82) is 0 Å². The highest BCUT2D eigenvalue weighted by molar-refractivity contribution is 5.94. The maximum absolute atomic E-state index is 12.3. The van der Waals surface area contributed by atoms with Gasteiger partial charge in [-0.25, -0.2) is 9.78 Å². The van der Waals surface area contributed by atoms with Crippen molar-refractivity contribution < 1.29 is 32.4 Å². The Balaban J connectivity index is 2.74. The van der Waals surface area contributed by atoms with Crippen LogP contribution in [0.15, 0.2) is 12.1 Å². The fourth-order valence-electron chi connectivity index (χ4n) is 1.65. The second-order valence-corrected chi connectivity index (χ2v) is 6.13. The zero-order valence-electron chi connectivity index (χ0n) is 14.6. The van der Waals surface area contributed by atoms with E-state index in [1.165, 1.54) is 5.32 Å². The summed E-state index contributed by atoms with van der Waals surface area (Å²) in [6.45, 7) is 4.95. The second kappa shape index (κ2) is 8.51. The third kappa shape index (κ3) is 7.75. The number of alkyl carbamates (subject to hydrolysis) is 1. The average Bonchev–Trinajstić information content (AvgIpc) is 2.48. The molecule has 1 aromatic heterocycles. The van der Waals surface area contributed by atoms with Gasteiger partial charge in [0.1, 0.15) is 11.4 Å². The number of carbonyl (C=O) groups is 2. The van der Waals surface area contributed by atoms with Crippen LogP contribution in [0.2, 0.25) is 0 Å². The van der Waals surface area contributed by atoms with Crippen LogP contribution in [-0.4, -0.2) is 46.8 Å². The van der Waals surface area contributed by atoms with Crippen LogP contribution in [0.3, 0.4) is 0 Å². The average molecular weight is 393 g/mol. The number of hydrogen-bond donors (Lipinski definition) is 3. The predicted molar refractivity (Wildman–Crippen MR) is 88.3 cm³/mol. The highest BCUT2D eigenvalue weighted by Gasteiger charge is 2.39. The van der Waals surface area contributed by atoms with Crippen LogP contribution in [0.5, 0.6) is 0 Å². The van der Waals surface area contributed by atoms with E-state index in [1.54, 1.807) is 20.8 Å². The molecule has 0 aliphatic rings. The first kappa shape index (κ1) is 21.9. The molecule has 13 heteroatoms. The normalized spacial score (nSPS) is 11.5. The van der Waals surface area contributed by atoms with Gasteiger partial charge in [0.15, 0.2) is 0 Å². The lowest BCUT2D eigenvalue weighted by Crippen LogP contribution is -2.35. The number of amides is 2. The van der Waals surface area contributed by atoms with Crippen LogP contribution < -0.4 is 16.0 Å². The molecule has 0 radical (unpaired) electrons. The summed E-state index contributed by atoms with van der Waals surface area (Å²) < 4.78 is 41.8. The van der Waals surface area contributed by atoms with Crippen molar-refractivity contribution in [2.45, 2.75) is 32.5 Å². The van der Waals surface area contributed by atoms with Gasteiger partial charge in [0.05, 0.1) is 4.92 Å². The monoisotopic (exact) mass is 393 g/mol. The van der Waals surface area contributed by atoms with E-state index in [0.29, 0.717) is 0 Å². The largest absolute Gasteiger partial charge is 0.471 e. The SMILES string of the molecule is CC(C)(C)OC(=O)NCCNc1nc(NC(=O)C(F)(F)F)ccc1[N+](=O)[O-]. The number of nitrogens with zero attached hydrogens (tertiary/aromatic N) is 2. The molecule has 1 heterocycles. The quantitative estimate of drug-likeness (QED) is 0.384. The standard InChI is InChI=1S/C14H18F3N5O5/c1-13(2,3)27-12(24)19-7-6-18-10-8(22(25)26)4-5-9(20-10)21-11(23)14(15,16)17/h4-5H,6-7H2,1-3H3,(H,19,24)(H2,18,20,21,23). The summed E-state index contributed by atoms with van der Waals surface area (Å²) in [5, 5.41) is 17.4. The van der Waals surface area contributed by atoms with Gasteiger partial charge >= 0.3 is 23.9 Å². The molecule has 0 aromatic carbocycles. The summed E-state index contributed by atoms with van der Waals surface area (Å²) in [5.74, 6) is -3.15. The molecular formula is C14H18F3N5O5. The van der Waals surface area contributed by atoms with Crippen molar-refractivity contribution in [1.82, 2.24) is 10.3 Å². The fourth-order valence-corrected chi connectivity index (χ4v) is 1.65. The van der Waals surface area contributed by atoms with Gasteiger partial charge < -0.3 is 20.7 Å². The molecule has 1 aromatic rings. The molecule has 0 spiro atoms. The highest BCUT2D eigenvalue weighted by Crippen LogP contribution is 2.25. The Labute approximate surface area is 151 Å². The number of aromatic nitrogens is 1. The lowest BCUT2D eigenvalue weighted by Gasteiger charge is -2.19. The Morgan fingerprint density at radius 2 is 1.85 bits per heavy atom. The van der Waals surface area contributed by atoms with E-state index < -0.39 is 40.2 Å². The van der Waals surface area contributed by atoms with Crippen molar-refractivity contribution >= 4 is 29.3 Å². The van der Waals surface area contributed by atoms with E-state index >= 15 is 0 Å². The van der Waals surface area contributed by atoms with Crippen LogP contribution in [0.1, 0.15) is 20.8 Å². The molecule has 0 saturated heterocycles. The number of alkyl halides is 3. The molecular weight excluding hydrogens is 375 g/mol. The van der Waals surface area contributed by atoms with E-state index in [2.05, 4.69) is 15.6 Å². The molecule has 1 rings (SSSR count). The number of anilines is 2. The second-order valence-electron chi connectivity index (χ2n) is 6.13. The van der Waals surface area contributed by atoms with E-state index in [-0.39, 0.29) is 18.9 Å². The number of halogens is 3. The van der Waals surface area contributed by atoms with Gasteiger partial charge in [-0.15, -0.1) is 0 Å². The molecule has 0 atom stereocenters. The van der Waals surface area contributed by atoms with E-state index in [1.807, 2.05) is 0 Å². The third-order valence-electron chi connectivity index (χ3n) is 2.66. The van der Waals surface area contributed by atoms with Crippen LogP contribution >= 0.6 is 0 Å². The molecule has 0 bridgehead atoms. The van der Waals surface area contributed by atoms with E-state index in [9.17, 15) is 32.9 Å². The van der Waals surface area contributed by atoms with Gasteiger partial charge in [-0.2, -0.15) is 13.2 Å². The molecule has 0 unspecified atom stereocenters. The number of rotatable bonds is 6. The molecule has 0 aliphatic carbocycles. The van der Waals surface area contributed by atoms with Crippen molar-refractivity contribution in [2.75, 3.05) is 23.7 Å². The zero-order chi connectivity index (χ0) is 20.8. The summed E-state index contributed by atoms with van der Waals surface area (Å²) in [6, 6.07) is 1.76. The molecule has 2 amide bonds. The fraction of sp³-hybridized carbons (Fsp3) is 0.500. The van der Waals surface area contributed by atoms with Gasteiger partial charge in [0.25, 0.3) is 0 Å². The number of pyridine rings is 1. The number of hydrogen-bond acceptors (Lipinski definition) is 7. The van der Waals surface area contributed by atoms with Gasteiger partial charge in [-0.05, 0) is 26.8 Å². The minimum absolute atomic E-state index is 0.00706. The van der Waals surface area contributed by atoms with Gasteiger partial charge in [-0.3, -0.25) is 14.9 Å². The molecule has 150 valence electrons. The van der Waals surface area contributed by atoms with Crippen LogP contribution in [0.4, 0.5) is 35.3 Å². The Morgan fingerprint density at radius 3 is 2.37 bits per heavy atom. The predicted octanol–water partition coefficient (Wildman–Crippen LogP) is 2.43. The molecule has 0 aliphatic heterocycles. The van der Waals surface area contributed by atoms with E-state index in [0.717, 1.165) is 12.1 Å². The highest BCUT2D eigenvalue weighted by atomic mass is 19.4. The molecule has 0 fully saturated rings. The van der Waals surface area contributed by atoms with Crippen molar-refractivity contribution in [2.24, 2.45) is 0 Å². The Kier molecular flexibility index (Phi) is 6.91. The molecule has 10 nitrogen and oxygen atoms in total.